The number of hydrogen-bond donors (Lipinski definition) is 1. The van der Waals surface area contributed by atoms with E-state index in [-0.39, 0.29) is 11.9 Å². The van der Waals surface area contributed by atoms with Crippen LogP contribution in [0.3, 0.4) is 0 Å². The van der Waals surface area contributed by atoms with Crippen LogP contribution < -0.4 is 14.8 Å². The number of anilines is 2. The van der Waals surface area contributed by atoms with Gasteiger partial charge in [-0.3, -0.25) is 4.79 Å². The maximum Gasteiger partial charge on any atom is 0.293 e. The molecule has 0 radical (unpaired) electrons. The molecular formula is C22H24N3O2+. The normalized spacial score (nSPS) is 15.5. The monoisotopic (exact) mass is 362 g/mol. The number of nitrogens with zero attached hydrogens (tertiary/aromatic N) is 2. The van der Waals surface area contributed by atoms with Crippen molar-refractivity contribution in [2.75, 3.05) is 36.5 Å². The molecule has 5 heteroatoms. The third-order valence-corrected chi connectivity index (χ3v) is 5.05. The van der Waals surface area contributed by atoms with E-state index in [0.29, 0.717) is 0 Å². The number of carbonyl (C=O) groups excluding carboxylic acids is 1. The Morgan fingerprint density at radius 2 is 1.74 bits per heavy atom. The Balaban J connectivity index is 1.44. The minimum absolute atomic E-state index is 0.0330. The maximum atomic E-state index is 12.7. The average Bonchev–Trinajstić information content (AvgIpc) is 2.74. The number of rotatable bonds is 4. The molecule has 0 bridgehead atoms. The Morgan fingerprint density at radius 1 is 1.04 bits per heavy atom. The van der Waals surface area contributed by atoms with Gasteiger partial charge in [-0.15, -0.1) is 0 Å². The van der Waals surface area contributed by atoms with E-state index < -0.39 is 0 Å². The summed E-state index contributed by atoms with van der Waals surface area (Å²) in [6.07, 6.45) is 3.97. The molecule has 0 unspecified atom stereocenters. The lowest BCUT2D eigenvalue weighted by atomic mass is 10.1. The van der Waals surface area contributed by atoms with E-state index >= 15 is 0 Å². The standard InChI is InChI=1S/C22H23N3O2/c1-17(25-11-10-18-4-2-3-5-19(18)16-25)22(26)23-20-6-8-21(9-7-20)24-12-14-27-15-13-24/h2-11,16-17H,12-15H2,1H3/p+1/t17-/m0/s1. The zero-order chi connectivity index (χ0) is 18.6. The molecule has 1 saturated heterocycles. The van der Waals surface area contributed by atoms with Gasteiger partial charge in [-0.05, 0) is 35.7 Å². The van der Waals surface area contributed by atoms with Gasteiger partial charge in [0.05, 0.1) is 13.2 Å². The van der Waals surface area contributed by atoms with Gasteiger partial charge in [0.15, 0.2) is 12.4 Å². The summed E-state index contributed by atoms with van der Waals surface area (Å²) in [4.78, 5) is 15.0. The predicted molar refractivity (Wildman–Crippen MR) is 107 cm³/mol. The van der Waals surface area contributed by atoms with Gasteiger partial charge in [-0.25, -0.2) is 0 Å². The van der Waals surface area contributed by atoms with Crippen LogP contribution in [0.15, 0.2) is 67.0 Å². The lowest BCUT2D eigenvalue weighted by Crippen LogP contribution is -2.44. The molecule has 27 heavy (non-hydrogen) atoms. The zero-order valence-electron chi connectivity index (χ0n) is 15.5. The Kier molecular flexibility index (Phi) is 5.03. The van der Waals surface area contributed by atoms with Crippen LogP contribution in [0.1, 0.15) is 13.0 Å². The fourth-order valence-electron chi connectivity index (χ4n) is 3.35. The molecule has 1 aromatic heterocycles. The Hall–Kier alpha value is -2.92. The number of aromatic nitrogens is 1. The number of fused-ring (bicyclic) bond motifs is 1. The first-order valence-corrected chi connectivity index (χ1v) is 9.34. The van der Waals surface area contributed by atoms with Crippen LogP contribution in [0.25, 0.3) is 10.8 Å². The highest BCUT2D eigenvalue weighted by Gasteiger charge is 2.22. The number of pyridine rings is 1. The van der Waals surface area contributed by atoms with Crippen molar-refractivity contribution < 1.29 is 14.1 Å². The third kappa shape index (κ3) is 3.93. The van der Waals surface area contributed by atoms with Crippen LogP contribution in [0, 0.1) is 0 Å². The van der Waals surface area contributed by atoms with Crippen molar-refractivity contribution >= 4 is 28.1 Å². The van der Waals surface area contributed by atoms with Crippen molar-refractivity contribution in [3.8, 4) is 0 Å². The number of morpholine rings is 1. The smallest absolute Gasteiger partial charge is 0.293 e. The van der Waals surface area contributed by atoms with Gasteiger partial charge in [-0.1, -0.05) is 18.2 Å². The van der Waals surface area contributed by atoms with Crippen LogP contribution in [-0.2, 0) is 9.53 Å². The number of nitrogens with one attached hydrogen (secondary N) is 1. The quantitative estimate of drug-likeness (QED) is 0.725. The summed E-state index contributed by atoms with van der Waals surface area (Å²) in [7, 11) is 0. The summed E-state index contributed by atoms with van der Waals surface area (Å²) < 4.78 is 7.34. The van der Waals surface area contributed by atoms with E-state index in [1.165, 1.54) is 5.39 Å². The molecule has 1 aliphatic rings. The molecule has 4 rings (SSSR count). The zero-order valence-corrected chi connectivity index (χ0v) is 15.5. The van der Waals surface area contributed by atoms with Crippen molar-refractivity contribution in [1.29, 1.82) is 0 Å². The summed E-state index contributed by atoms with van der Waals surface area (Å²) >= 11 is 0. The van der Waals surface area contributed by atoms with E-state index in [9.17, 15) is 4.79 Å². The highest BCUT2D eigenvalue weighted by atomic mass is 16.5. The van der Waals surface area contributed by atoms with E-state index in [4.69, 9.17) is 4.74 Å². The Bertz CT molecular complexity index is 934. The molecule has 138 valence electrons. The minimum atomic E-state index is -0.298. The molecule has 1 fully saturated rings. The van der Waals surface area contributed by atoms with E-state index in [1.54, 1.807) is 0 Å². The van der Waals surface area contributed by atoms with Crippen molar-refractivity contribution in [2.24, 2.45) is 0 Å². The van der Waals surface area contributed by atoms with Gasteiger partial charge < -0.3 is 15.0 Å². The molecule has 0 saturated carbocycles. The molecule has 3 aromatic rings. The second-order valence-electron chi connectivity index (χ2n) is 6.83. The predicted octanol–water partition coefficient (Wildman–Crippen LogP) is 3.16. The summed E-state index contributed by atoms with van der Waals surface area (Å²) in [6.45, 7) is 5.24. The lowest BCUT2D eigenvalue weighted by Gasteiger charge is -2.28. The molecular weight excluding hydrogens is 338 g/mol. The summed E-state index contributed by atoms with van der Waals surface area (Å²) in [5.74, 6) is -0.0330. The van der Waals surface area contributed by atoms with Crippen LogP contribution >= 0.6 is 0 Å². The van der Waals surface area contributed by atoms with Crippen molar-refractivity contribution in [1.82, 2.24) is 0 Å². The van der Waals surface area contributed by atoms with E-state index in [2.05, 4.69) is 34.5 Å². The largest absolute Gasteiger partial charge is 0.378 e. The van der Waals surface area contributed by atoms with Gasteiger partial charge in [0.1, 0.15) is 0 Å². The molecule has 2 aromatic carbocycles. The van der Waals surface area contributed by atoms with Gasteiger partial charge in [0.2, 0.25) is 6.04 Å². The van der Waals surface area contributed by atoms with Crippen LogP contribution in [0.2, 0.25) is 0 Å². The third-order valence-electron chi connectivity index (χ3n) is 5.05. The lowest BCUT2D eigenvalue weighted by molar-refractivity contribution is -0.704. The first-order chi connectivity index (χ1) is 13.2. The molecule has 0 aliphatic carbocycles. The maximum absolute atomic E-state index is 12.7. The molecule has 5 nitrogen and oxygen atoms in total. The highest BCUT2D eigenvalue weighted by molar-refractivity contribution is 5.92. The number of hydrogen-bond acceptors (Lipinski definition) is 3. The van der Waals surface area contributed by atoms with Crippen molar-refractivity contribution in [2.45, 2.75) is 13.0 Å². The molecule has 1 aliphatic heterocycles. The van der Waals surface area contributed by atoms with Gasteiger partial charge in [-0.2, -0.15) is 4.57 Å². The topological polar surface area (TPSA) is 45.5 Å². The number of carbonyl (C=O) groups is 1. The number of ether oxygens (including phenoxy) is 1. The Labute approximate surface area is 159 Å². The number of benzene rings is 2. The summed E-state index contributed by atoms with van der Waals surface area (Å²) in [5, 5.41) is 5.30. The van der Waals surface area contributed by atoms with Crippen LogP contribution in [0.5, 0.6) is 0 Å². The minimum Gasteiger partial charge on any atom is -0.378 e. The van der Waals surface area contributed by atoms with E-state index in [1.807, 2.05) is 54.2 Å². The molecule has 0 spiro atoms. The van der Waals surface area contributed by atoms with Crippen molar-refractivity contribution in [3.63, 3.8) is 0 Å². The molecule has 2 heterocycles. The van der Waals surface area contributed by atoms with E-state index in [0.717, 1.165) is 43.1 Å². The fraction of sp³-hybridized carbons (Fsp3) is 0.273. The first kappa shape index (κ1) is 17.5. The second kappa shape index (κ2) is 7.76. The van der Waals surface area contributed by atoms with Crippen LogP contribution in [0.4, 0.5) is 11.4 Å². The first-order valence-electron chi connectivity index (χ1n) is 9.34. The SMILES string of the molecule is C[C@@H](C(=O)Nc1ccc(N2CCOCC2)cc1)[n+]1ccc2ccccc2c1. The van der Waals surface area contributed by atoms with Crippen LogP contribution in [-0.4, -0.2) is 32.2 Å². The average molecular weight is 362 g/mol. The van der Waals surface area contributed by atoms with Gasteiger partial charge in [0, 0.05) is 42.8 Å². The molecule has 1 amide bonds. The Morgan fingerprint density at radius 3 is 2.48 bits per heavy atom. The fourth-order valence-corrected chi connectivity index (χ4v) is 3.35. The van der Waals surface area contributed by atoms with Gasteiger partial charge >= 0.3 is 0 Å². The summed E-state index contributed by atoms with van der Waals surface area (Å²) in [6, 6.07) is 17.9. The second-order valence-corrected chi connectivity index (χ2v) is 6.83. The highest BCUT2D eigenvalue weighted by Crippen LogP contribution is 2.19. The van der Waals surface area contributed by atoms with Gasteiger partial charge in [0.25, 0.3) is 5.91 Å². The molecule has 1 atom stereocenters. The van der Waals surface area contributed by atoms with Crippen molar-refractivity contribution in [3.05, 3.63) is 67.0 Å². The number of amides is 1. The molecule has 1 N–H and O–H groups in total. The summed E-state index contributed by atoms with van der Waals surface area (Å²) in [5.41, 5.74) is 1.97.